The quantitative estimate of drug-likeness (QED) is 0.661. The Labute approximate surface area is 159 Å². The number of fused-ring (bicyclic) bond motifs is 1. The van der Waals surface area contributed by atoms with Crippen LogP contribution in [0.4, 0.5) is 10.1 Å². The molecule has 144 valence electrons. The molecule has 0 aliphatic rings. The van der Waals surface area contributed by atoms with E-state index in [-0.39, 0.29) is 11.3 Å². The van der Waals surface area contributed by atoms with Crippen molar-refractivity contribution in [1.82, 2.24) is 9.78 Å². The Bertz CT molecular complexity index is 1080. The van der Waals surface area contributed by atoms with Gasteiger partial charge in [0.1, 0.15) is 5.82 Å². The molecule has 0 atom stereocenters. The van der Waals surface area contributed by atoms with Crippen molar-refractivity contribution in [3.63, 3.8) is 0 Å². The lowest BCUT2D eigenvalue weighted by Crippen LogP contribution is -2.27. The Hall–Kier alpha value is -3.55. The molecular formula is C20H18FN3O4. The molecule has 7 nitrogen and oxygen atoms in total. The maximum atomic E-state index is 12.9. The summed E-state index contributed by atoms with van der Waals surface area (Å²) in [5.74, 6) is -1.81. The van der Waals surface area contributed by atoms with Crippen molar-refractivity contribution in [1.29, 1.82) is 0 Å². The number of hydrogen-bond donors (Lipinski definition) is 1. The van der Waals surface area contributed by atoms with Crippen molar-refractivity contribution in [2.45, 2.75) is 19.9 Å². The largest absolute Gasteiger partial charge is 0.451 e. The van der Waals surface area contributed by atoms with Gasteiger partial charge in [0, 0.05) is 17.6 Å². The minimum atomic E-state index is -0.810. The number of amides is 1. The number of ether oxygens (including phenoxy) is 1. The molecule has 1 N–H and O–H groups in total. The second-order valence-electron chi connectivity index (χ2n) is 6.05. The summed E-state index contributed by atoms with van der Waals surface area (Å²) in [6.07, 6.45) is 0.666. The molecule has 0 spiro atoms. The number of nitrogens with one attached hydrogen (secondary N) is 1. The highest BCUT2D eigenvalue weighted by Gasteiger charge is 2.18. The van der Waals surface area contributed by atoms with E-state index >= 15 is 0 Å². The molecule has 0 saturated heterocycles. The fourth-order valence-electron chi connectivity index (χ4n) is 2.68. The second-order valence-corrected chi connectivity index (χ2v) is 6.05. The highest BCUT2D eigenvalue weighted by Crippen LogP contribution is 2.14. The van der Waals surface area contributed by atoms with Crippen molar-refractivity contribution in [2.24, 2.45) is 0 Å². The van der Waals surface area contributed by atoms with E-state index in [0.29, 0.717) is 29.4 Å². The number of aryl methyl sites for hydroxylation is 1. The molecule has 0 radical (unpaired) electrons. The SMILES string of the molecule is CCCn1nc(C(=O)OCC(=O)Nc2ccc(F)cc2)c2ccccc2c1=O. The number of nitrogens with zero attached hydrogens (tertiary/aromatic N) is 2. The van der Waals surface area contributed by atoms with Crippen molar-refractivity contribution in [2.75, 3.05) is 11.9 Å². The summed E-state index contributed by atoms with van der Waals surface area (Å²) >= 11 is 0. The Kier molecular flexibility index (Phi) is 5.78. The smallest absolute Gasteiger partial charge is 0.359 e. The zero-order valence-corrected chi connectivity index (χ0v) is 15.1. The number of anilines is 1. The van der Waals surface area contributed by atoms with E-state index in [4.69, 9.17) is 4.74 Å². The Morgan fingerprint density at radius 3 is 2.46 bits per heavy atom. The Morgan fingerprint density at radius 1 is 1.11 bits per heavy atom. The van der Waals surface area contributed by atoms with Gasteiger partial charge in [0.2, 0.25) is 0 Å². The van der Waals surface area contributed by atoms with E-state index < -0.39 is 24.3 Å². The standard InChI is InChI=1S/C20H18FN3O4/c1-2-11-24-19(26)16-6-4-3-5-15(16)18(23-24)20(27)28-12-17(25)22-14-9-7-13(21)8-10-14/h3-10H,2,11-12H2,1H3,(H,22,25). The van der Waals surface area contributed by atoms with Gasteiger partial charge in [0.05, 0.1) is 5.39 Å². The summed E-state index contributed by atoms with van der Waals surface area (Å²) in [6.45, 7) is 1.70. The number of hydrogen-bond acceptors (Lipinski definition) is 5. The molecule has 1 heterocycles. The van der Waals surface area contributed by atoms with Crippen LogP contribution in [0.3, 0.4) is 0 Å². The number of esters is 1. The first-order chi connectivity index (χ1) is 13.5. The van der Waals surface area contributed by atoms with Crippen LogP contribution in [0.1, 0.15) is 23.8 Å². The number of halogens is 1. The van der Waals surface area contributed by atoms with Crippen molar-refractivity contribution in [3.05, 3.63) is 70.4 Å². The van der Waals surface area contributed by atoms with Crippen LogP contribution in [-0.2, 0) is 16.1 Å². The van der Waals surface area contributed by atoms with E-state index in [0.717, 1.165) is 0 Å². The third-order valence-corrected chi connectivity index (χ3v) is 3.96. The number of benzene rings is 2. The van der Waals surface area contributed by atoms with Crippen LogP contribution >= 0.6 is 0 Å². The lowest BCUT2D eigenvalue weighted by molar-refractivity contribution is -0.119. The van der Waals surface area contributed by atoms with Crippen LogP contribution in [0, 0.1) is 5.82 Å². The zero-order chi connectivity index (χ0) is 20.1. The normalized spacial score (nSPS) is 10.6. The average Bonchev–Trinajstić information content (AvgIpc) is 2.70. The van der Waals surface area contributed by atoms with Crippen LogP contribution in [0.15, 0.2) is 53.3 Å². The summed E-state index contributed by atoms with van der Waals surface area (Å²) in [4.78, 5) is 36.9. The van der Waals surface area contributed by atoms with Crippen LogP contribution in [0.2, 0.25) is 0 Å². The minimum Gasteiger partial charge on any atom is -0.451 e. The minimum absolute atomic E-state index is 0.0294. The van der Waals surface area contributed by atoms with E-state index in [1.54, 1.807) is 24.3 Å². The summed E-state index contributed by atoms with van der Waals surface area (Å²) in [5.41, 5.74) is 0.0591. The van der Waals surface area contributed by atoms with E-state index in [1.807, 2.05) is 6.92 Å². The van der Waals surface area contributed by atoms with Gasteiger partial charge in [0.15, 0.2) is 12.3 Å². The second kappa shape index (κ2) is 8.43. The number of carbonyl (C=O) groups excluding carboxylic acids is 2. The molecule has 0 bridgehead atoms. The summed E-state index contributed by atoms with van der Waals surface area (Å²) < 4.78 is 19.2. The van der Waals surface area contributed by atoms with Crippen LogP contribution in [0.25, 0.3) is 10.8 Å². The van der Waals surface area contributed by atoms with Crippen LogP contribution in [0.5, 0.6) is 0 Å². The van der Waals surface area contributed by atoms with Gasteiger partial charge in [-0.1, -0.05) is 25.1 Å². The molecule has 1 aromatic heterocycles. The van der Waals surface area contributed by atoms with Crippen molar-refractivity contribution >= 4 is 28.3 Å². The Morgan fingerprint density at radius 2 is 1.79 bits per heavy atom. The number of rotatable bonds is 6. The molecule has 0 aliphatic heterocycles. The van der Waals surface area contributed by atoms with Gasteiger partial charge in [-0.25, -0.2) is 13.9 Å². The molecule has 28 heavy (non-hydrogen) atoms. The van der Waals surface area contributed by atoms with Gasteiger partial charge in [-0.3, -0.25) is 9.59 Å². The summed E-state index contributed by atoms with van der Waals surface area (Å²) in [7, 11) is 0. The van der Waals surface area contributed by atoms with Gasteiger partial charge in [-0.15, -0.1) is 0 Å². The molecule has 0 fully saturated rings. The van der Waals surface area contributed by atoms with Crippen LogP contribution < -0.4 is 10.9 Å². The maximum Gasteiger partial charge on any atom is 0.359 e. The lowest BCUT2D eigenvalue weighted by Gasteiger charge is -2.10. The molecular weight excluding hydrogens is 365 g/mol. The molecule has 8 heteroatoms. The molecule has 3 aromatic rings. The van der Waals surface area contributed by atoms with Gasteiger partial charge >= 0.3 is 5.97 Å². The molecule has 1 amide bonds. The summed E-state index contributed by atoms with van der Waals surface area (Å²) in [6, 6.07) is 11.8. The predicted octanol–water partition coefficient (Wildman–Crippen LogP) is 2.74. The first kappa shape index (κ1) is 19.2. The maximum absolute atomic E-state index is 12.9. The molecule has 3 rings (SSSR count). The number of aromatic nitrogens is 2. The fraction of sp³-hybridized carbons (Fsp3) is 0.200. The van der Waals surface area contributed by atoms with Gasteiger partial charge in [-0.05, 0) is 36.8 Å². The first-order valence-corrected chi connectivity index (χ1v) is 8.72. The summed E-state index contributed by atoms with van der Waals surface area (Å²) in [5, 5.41) is 7.33. The third kappa shape index (κ3) is 4.22. The van der Waals surface area contributed by atoms with Crippen LogP contribution in [-0.4, -0.2) is 28.3 Å². The van der Waals surface area contributed by atoms with Crippen molar-refractivity contribution in [3.8, 4) is 0 Å². The first-order valence-electron chi connectivity index (χ1n) is 8.72. The van der Waals surface area contributed by atoms with Gasteiger partial charge in [-0.2, -0.15) is 5.10 Å². The molecule has 0 unspecified atom stereocenters. The fourth-order valence-corrected chi connectivity index (χ4v) is 2.68. The van der Waals surface area contributed by atoms with E-state index in [1.165, 1.54) is 28.9 Å². The topological polar surface area (TPSA) is 90.3 Å². The van der Waals surface area contributed by atoms with E-state index in [9.17, 15) is 18.8 Å². The molecule has 2 aromatic carbocycles. The van der Waals surface area contributed by atoms with E-state index in [2.05, 4.69) is 10.4 Å². The molecule has 0 aliphatic carbocycles. The number of carbonyl (C=O) groups is 2. The highest BCUT2D eigenvalue weighted by molar-refractivity contribution is 6.03. The van der Waals surface area contributed by atoms with Crippen molar-refractivity contribution < 1.29 is 18.7 Å². The predicted molar refractivity (Wildman–Crippen MR) is 102 cm³/mol. The van der Waals surface area contributed by atoms with Gasteiger partial charge in [0.25, 0.3) is 11.5 Å². The van der Waals surface area contributed by atoms with Gasteiger partial charge < -0.3 is 10.1 Å². The Balaban J connectivity index is 1.77. The third-order valence-electron chi connectivity index (χ3n) is 3.96. The highest BCUT2D eigenvalue weighted by atomic mass is 19.1. The average molecular weight is 383 g/mol. The molecule has 0 saturated carbocycles. The lowest BCUT2D eigenvalue weighted by atomic mass is 10.1. The monoisotopic (exact) mass is 383 g/mol. The zero-order valence-electron chi connectivity index (χ0n) is 15.1.